The minimum atomic E-state index is 0.665. The van der Waals surface area contributed by atoms with Gasteiger partial charge in [-0.15, -0.1) is 0 Å². The molecule has 1 aliphatic carbocycles. The van der Waals surface area contributed by atoms with Crippen LogP contribution in [0.5, 0.6) is 0 Å². The van der Waals surface area contributed by atoms with Crippen molar-refractivity contribution in [2.75, 3.05) is 0 Å². The largest absolute Gasteiger partial charge is 0.395 e. The standard InChI is InChI=1S/C12H5BrClO/c13-8-5-6-9(14)11-7-3-1-2-4-10(7)15-12(8)11/h1-4,6H/q+1. The molecule has 0 N–H and O–H groups in total. The van der Waals surface area contributed by atoms with E-state index in [0.717, 1.165) is 26.1 Å². The summed E-state index contributed by atoms with van der Waals surface area (Å²) in [6.07, 6.45) is 4.74. The topological polar surface area (TPSA) is 13.1 Å². The van der Waals surface area contributed by atoms with Crippen LogP contribution in [0, 0.1) is 6.08 Å². The predicted octanol–water partition coefficient (Wildman–Crippen LogP) is 2.66. The molecule has 1 aliphatic rings. The lowest BCUT2D eigenvalue weighted by atomic mass is 10.2. The van der Waals surface area contributed by atoms with Crippen LogP contribution >= 0.6 is 27.5 Å². The Hall–Kier alpha value is -1.08. The van der Waals surface area contributed by atoms with E-state index in [0.29, 0.717) is 5.03 Å². The second kappa shape index (κ2) is 3.21. The average Bonchev–Trinajstić information content (AvgIpc) is 2.64. The monoisotopic (exact) mass is 279 g/mol. The van der Waals surface area contributed by atoms with Crippen molar-refractivity contribution in [3.05, 3.63) is 47.1 Å². The van der Waals surface area contributed by atoms with Crippen LogP contribution in [0.3, 0.4) is 0 Å². The molecular weight excluding hydrogens is 275 g/mol. The van der Waals surface area contributed by atoms with E-state index in [-0.39, 0.29) is 0 Å². The van der Waals surface area contributed by atoms with Crippen molar-refractivity contribution < 1.29 is 4.42 Å². The van der Waals surface area contributed by atoms with E-state index in [9.17, 15) is 0 Å². The van der Waals surface area contributed by atoms with Crippen LogP contribution in [0.15, 0.2) is 34.8 Å². The molecule has 0 spiro atoms. The molecule has 0 unspecified atom stereocenters. The van der Waals surface area contributed by atoms with E-state index in [1.807, 2.05) is 24.3 Å². The van der Waals surface area contributed by atoms with Gasteiger partial charge < -0.3 is 4.42 Å². The summed E-state index contributed by atoms with van der Waals surface area (Å²) in [6.45, 7) is 0. The van der Waals surface area contributed by atoms with Gasteiger partial charge in [0, 0.05) is 11.6 Å². The van der Waals surface area contributed by atoms with Gasteiger partial charge in [0.1, 0.15) is 6.08 Å². The predicted molar refractivity (Wildman–Crippen MR) is 64.9 cm³/mol. The summed E-state index contributed by atoms with van der Waals surface area (Å²) in [4.78, 5) is 0. The first-order chi connectivity index (χ1) is 7.27. The van der Waals surface area contributed by atoms with Crippen molar-refractivity contribution in [3.63, 3.8) is 0 Å². The molecule has 1 nitrogen and oxygen atoms in total. The maximum atomic E-state index is 6.14. The third-order valence-corrected chi connectivity index (χ3v) is 3.25. The number of allylic oxidation sites excluding steroid dienone is 2. The van der Waals surface area contributed by atoms with Crippen molar-refractivity contribution >= 4 is 48.0 Å². The first-order valence-electron chi connectivity index (χ1n) is 4.44. The lowest BCUT2D eigenvalue weighted by Crippen LogP contribution is -2.24. The maximum absolute atomic E-state index is 6.14. The van der Waals surface area contributed by atoms with Gasteiger partial charge in [0.15, 0.2) is 15.8 Å². The Morgan fingerprint density at radius 3 is 2.93 bits per heavy atom. The van der Waals surface area contributed by atoms with E-state index >= 15 is 0 Å². The van der Waals surface area contributed by atoms with E-state index in [1.54, 1.807) is 6.08 Å². The van der Waals surface area contributed by atoms with Crippen molar-refractivity contribution in [1.29, 1.82) is 0 Å². The Balaban J connectivity index is 2.71. The van der Waals surface area contributed by atoms with Crippen molar-refractivity contribution in [1.82, 2.24) is 0 Å². The normalized spacial score (nSPS) is 14.3. The summed E-state index contributed by atoms with van der Waals surface area (Å²) in [5, 5.41) is 2.64. The molecule has 15 heavy (non-hydrogen) atoms. The van der Waals surface area contributed by atoms with Crippen molar-refractivity contribution in [3.8, 4) is 0 Å². The lowest BCUT2D eigenvalue weighted by molar-refractivity contribution is 0.574. The van der Waals surface area contributed by atoms with Gasteiger partial charge in [-0.2, -0.15) is 0 Å². The highest BCUT2D eigenvalue weighted by Crippen LogP contribution is 2.17. The fraction of sp³-hybridized carbons (Fsp3) is 0. The first kappa shape index (κ1) is 9.17. The van der Waals surface area contributed by atoms with E-state index in [2.05, 4.69) is 22.0 Å². The fourth-order valence-electron chi connectivity index (χ4n) is 1.70. The van der Waals surface area contributed by atoms with Crippen LogP contribution in [0.1, 0.15) is 0 Å². The minimum Gasteiger partial charge on any atom is -0.395 e. The molecular formula is C12H5BrClO+. The van der Waals surface area contributed by atoms with Crippen LogP contribution in [0.4, 0.5) is 0 Å². The highest BCUT2D eigenvalue weighted by Gasteiger charge is 2.19. The summed E-state index contributed by atoms with van der Waals surface area (Å²) in [6, 6.07) is 7.84. The smallest absolute Gasteiger partial charge is 0.266 e. The molecule has 0 aliphatic heterocycles. The quantitative estimate of drug-likeness (QED) is 0.676. The lowest BCUT2D eigenvalue weighted by Gasteiger charge is -1.84. The van der Waals surface area contributed by atoms with Crippen LogP contribution in [-0.4, -0.2) is 0 Å². The molecule has 1 heterocycles. The Labute approximate surface area is 99.5 Å². The molecule has 0 bridgehead atoms. The summed E-state index contributed by atoms with van der Waals surface area (Å²) >= 11 is 9.54. The molecule has 1 aromatic carbocycles. The summed E-state index contributed by atoms with van der Waals surface area (Å²) in [5.74, 6) is 0. The van der Waals surface area contributed by atoms with Crippen molar-refractivity contribution in [2.45, 2.75) is 0 Å². The SMILES string of the molecule is ClC1=c2c(oc3ccccc23)=C(Br)[C+]=C1. The zero-order valence-corrected chi connectivity index (χ0v) is 9.89. The number of fused-ring (bicyclic) bond motifs is 3. The second-order valence-corrected chi connectivity index (χ2v) is 4.45. The summed E-state index contributed by atoms with van der Waals surface area (Å²) in [5.41, 5.74) is 1.60. The molecule has 0 radical (unpaired) electrons. The first-order valence-corrected chi connectivity index (χ1v) is 5.61. The molecule has 0 saturated heterocycles. The van der Waals surface area contributed by atoms with Gasteiger partial charge in [-0.25, -0.2) is 0 Å². The van der Waals surface area contributed by atoms with Gasteiger partial charge in [0.2, 0.25) is 4.48 Å². The Morgan fingerprint density at radius 2 is 2.07 bits per heavy atom. The minimum absolute atomic E-state index is 0.665. The van der Waals surface area contributed by atoms with E-state index in [4.69, 9.17) is 16.0 Å². The van der Waals surface area contributed by atoms with Crippen LogP contribution in [-0.2, 0) is 0 Å². The average molecular weight is 281 g/mol. The second-order valence-electron chi connectivity index (χ2n) is 3.25. The zero-order chi connectivity index (χ0) is 10.4. The molecule has 0 amide bonds. The highest BCUT2D eigenvalue weighted by molar-refractivity contribution is 9.15. The Bertz CT molecular complexity index is 694. The molecule has 0 atom stereocenters. The van der Waals surface area contributed by atoms with E-state index in [1.165, 1.54) is 0 Å². The molecule has 1 aromatic heterocycles. The summed E-state index contributed by atoms with van der Waals surface area (Å²) < 4.78 is 6.51. The maximum Gasteiger partial charge on any atom is 0.266 e. The third kappa shape index (κ3) is 1.26. The number of hydrogen-bond donors (Lipinski definition) is 0. The van der Waals surface area contributed by atoms with Gasteiger partial charge in [0.05, 0.1) is 11.5 Å². The molecule has 3 heteroatoms. The summed E-state index contributed by atoms with van der Waals surface area (Å²) in [7, 11) is 0. The van der Waals surface area contributed by atoms with Crippen molar-refractivity contribution in [2.24, 2.45) is 0 Å². The number of benzene rings is 1. The third-order valence-electron chi connectivity index (χ3n) is 2.36. The van der Waals surface area contributed by atoms with Gasteiger partial charge in [-0.05, 0) is 28.1 Å². The molecule has 72 valence electrons. The number of furan rings is 1. The van der Waals surface area contributed by atoms with Crippen LogP contribution < -0.4 is 10.6 Å². The number of para-hydroxylation sites is 1. The van der Waals surface area contributed by atoms with Gasteiger partial charge in [-0.3, -0.25) is 0 Å². The highest BCUT2D eigenvalue weighted by atomic mass is 79.9. The number of rotatable bonds is 0. The number of hydrogen-bond acceptors (Lipinski definition) is 1. The zero-order valence-electron chi connectivity index (χ0n) is 7.55. The Morgan fingerprint density at radius 1 is 1.27 bits per heavy atom. The van der Waals surface area contributed by atoms with Crippen LogP contribution in [0.25, 0.3) is 20.5 Å². The van der Waals surface area contributed by atoms with E-state index < -0.39 is 0 Å². The molecule has 2 aromatic rings. The van der Waals surface area contributed by atoms with Crippen LogP contribution in [0.2, 0.25) is 0 Å². The molecule has 3 rings (SSSR count). The van der Waals surface area contributed by atoms with Gasteiger partial charge >= 0.3 is 0 Å². The van der Waals surface area contributed by atoms with Gasteiger partial charge in [-0.1, -0.05) is 12.1 Å². The number of halogens is 2. The van der Waals surface area contributed by atoms with Gasteiger partial charge in [0.25, 0.3) is 5.42 Å². The molecule has 0 fully saturated rings. The fourth-order valence-corrected chi connectivity index (χ4v) is 2.34. The Kier molecular flexibility index (Phi) is 1.96. The molecule has 0 saturated carbocycles.